The molecule has 1 atom stereocenters. The number of hydrogen-bond acceptors (Lipinski definition) is 4. The van der Waals surface area contributed by atoms with E-state index in [1.54, 1.807) is 7.05 Å². The molecule has 0 saturated heterocycles. The Balaban J connectivity index is -0.000000131. The van der Waals surface area contributed by atoms with Crippen LogP contribution in [-0.4, -0.2) is 36.3 Å². The predicted molar refractivity (Wildman–Crippen MR) is 57.2 cm³/mol. The molecule has 6 heteroatoms. The van der Waals surface area contributed by atoms with Gasteiger partial charge in [0.15, 0.2) is 11.1 Å². The summed E-state index contributed by atoms with van der Waals surface area (Å²) < 4.78 is 13.9. The van der Waals surface area contributed by atoms with E-state index in [2.05, 4.69) is 9.50 Å². The number of carbonyl (C=O) groups excluding carboxylic acids is 2. The van der Waals surface area contributed by atoms with E-state index in [-0.39, 0.29) is 11.7 Å². The maximum atomic E-state index is 9.70. The molecule has 0 bridgehead atoms. The lowest BCUT2D eigenvalue weighted by molar-refractivity contribution is -0.118. The monoisotopic (exact) mass is 225 g/mol. The first-order valence-corrected chi connectivity index (χ1v) is 5.29. The predicted octanol–water partition coefficient (Wildman–Crippen LogP) is 0.274. The number of amides is 1. The largest absolute Gasteiger partial charge is 0.359 e. The number of nitrogens with one attached hydrogen (secondary N) is 1. The minimum Gasteiger partial charge on any atom is -0.359 e. The van der Waals surface area contributed by atoms with E-state index in [9.17, 15) is 13.8 Å². The lowest BCUT2D eigenvalue weighted by atomic mass is 10.6. The summed E-state index contributed by atoms with van der Waals surface area (Å²) in [7, 11) is 3.00. The van der Waals surface area contributed by atoms with Crippen molar-refractivity contribution in [3.05, 3.63) is 0 Å². The van der Waals surface area contributed by atoms with Gasteiger partial charge in [-0.1, -0.05) is 0 Å². The standard InChI is InChI=1S/C3H7NO.C3H6O.C2H6O2S/c1-3(5)4-2;1-3(2)4;1-4-5(2)3/h1-2H3,(H,4,5);1-2H3;1-2H3. The van der Waals surface area contributed by atoms with E-state index in [1.165, 1.54) is 34.1 Å². The summed E-state index contributed by atoms with van der Waals surface area (Å²) in [5, 5.41) is 2.39. The van der Waals surface area contributed by atoms with Crippen LogP contribution in [-0.2, 0) is 24.9 Å². The summed E-state index contributed by atoms with van der Waals surface area (Å²) in [6.45, 7) is 4.53. The molecule has 0 aromatic heterocycles. The smallest absolute Gasteiger partial charge is 0.216 e. The number of ketones is 1. The molecule has 0 aliphatic carbocycles. The van der Waals surface area contributed by atoms with E-state index in [4.69, 9.17) is 0 Å². The van der Waals surface area contributed by atoms with E-state index in [1.807, 2.05) is 0 Å². The normalized spacial score (nSPS) is 9.57. The SMILES string of the molecule is CC(C)=O.CNC(C)=O.COS(C)=O. The summed E-state index contributed by atoms with van der Waals surface area (Å²) in [5.41, 5.74) is 0. The lowest BCUT2D eigenvalue weighted by Crippen LogP contribution is -2.11. The minimum absolute atomic E-state index is 0.00463. The van der Waals surface area contributed by atoms with Gasteiger partial charge >= 0.3 is 0 Å². The van der Waals surface area contributed by atoms with Gasteiger partial charge in [0, 0.05) is 20.2 Å². The second kappa shape index (κ2) is 14.8. The summed E-state index contributed by atoms with van der Waals surface area (Å²) in [6, 6.07) is 0. The van der Waals surface area contributed by atoms with Crippen LogP contribution in [0.4, 0.5) is 0 Å². The van der Waals surface area contributed by atoms with Crippen LogP contribution in [0.25, 0.3) is 0 Å². The molecule has 0 aliphatic heterocycles. The zero-order chi connectivity index (χ0) is 12.1. The molecule has 0 aromatic carbocycles. The Morgan fingerprint density at radius 2 is 1.36 bits per heavy atom. The molecule has 1 unspecified atom stereocenters. The maximum absolute atomic E-state index is 9.70. The molecule has 0 radical (unpaired) electrons. The Kier molecular flexibility index (Phi) is 19.9. The molecule has 1 N–H and O–H groups in total. The highest BCUT2D eigenvalue weighted by molar-refractivity contribution is 7.79. The van der Waals surface area contributed by atoms with Crippen molar-refractivity contribution in [3.63, 3.8) is 0 Å². The summed E-state index contributed by atoms with van der Waals surface area (Å²) >= 11 is -1.07. The molecular weight excluding hydrogens is 206 g/mol. The lowest BCUT2D eigenvalue weighted by Gasteiger charge is -1.80. The highest BCUT2D eigenvalue weighted by Gasteiger charge is 1.72. The Morgan fingerprint density at radius 1 is 1.21 bits per heavy atom. The van der Waals surface area contributed by atoms with Crippen LogP contribution >= 0.6 is 0 Å². The summed E-state index contributed by atoms with van der Waals surface area (Å²) in [4.78, 5) is 19.1. The van der Waals surface area contributed by atoms with Crippen LogP contribution in [0.15, 0.2) is 0 Å². The maximum Gasteiger partial charge on any atom is 0.216 e. The van der Waals surface area contributed by atoms with Crippen LogP contribution < -0.4 is 5.32 Å². The van der Waals surface area contributed by atoms with Gasteiger partial charge in [-0.05, 0) is 13.8 Å². The molecule has 0 aromatic rings. The van der Waals surface area contributed by atoms with Gasteiger partial charge in [0.05, 0.1) is 7.11 Å². The van der Waals surface area contributed by atoms with Crippen LogP contribution in [0, 0.1) is 0 Å². The number of carbonyl (C=O) groups is 2. The fourth-order valence-electron chi connectivity index (χ4n) is 0. The molecule has 14 heavy (non-hydrogen) atoms. The molecule has 86 valence electrons. The molecule has 1 amide bonds. The molecular formula is C8H19NO4S. The Labute approximate surface area is 87.9 Å². The van der Waals surface area contributed by atoms with E-state index in [0.29, 0.717) is 0 Å². The van der Waals surface area contributed by atoms with Crippen LogP contribution in [0.2, 0.25) is 0 Å². The van der Waals surface area contributed by atoms with Crippen LogP contribution in [0.3, 0.4) is 0 Å². The van der Waals surface area contributed by atoms with Crippen molar-refractivity contribution in [2.24, 2.45) is 0 Å². The minimum atomic E-state index is -1.07. The van der Waals surface area contributed by atoms with Crippen LogP contribution in [0.5, 0.6) is 0 Å². The molecule has 5 nitrogen and oxygen atoms in total. The zero-order valence-electron chi connectivity index (χ0n) is 9.54. The fourth-order valence-corrected chi connectivity index (χ4v) is 0. The van der Waals surface area contributed by atoms with Crippen molar-refractivity contribution >= 4 is 22.8 Å². The Hall–Kier alpha value is -0.750. The van der Waals surface area contributed by atoms with Crippen LogP contribution in [0.1, 0.15) is 20.8 Å². The number of rotatable bonds is 1. The van der Waals surface area contributed by atoms with Gasteiger partial charge < -0.3 is 10.1 Å². The molecule has 0 saturated carbocycles. The van der Waals surface area contributed by atoms with Gasteiger partial charge in [-0.15, -0.1) is 0 Å². The third-order valence-corrected chi connectivity index (χ3v) is 1.06. The zero-order valence-corrected chi connectivity index (χ0v) is 10.4. The van der Waals surface area contributed by atoms with Gasteiger partial charge in [0.2, 0.25) is 5.91 Å². The molecule has 0 fully saturated rings. The van der Waals surface area contributed by atoms with Crippen molar-refractivity contribution in [2.75, 3.05) is 20.4 Å². The quantitative estimate of drug-likeness (QED) is 0.695. The van der Waals surface area contributed by atoms with Gasteiger partial charge in [-0.25, -0.2) is 4.21 Å². The average Bonchev–Trinajstić information content (AvgIpc) is 2.04. The molecule has 0 aliphatic rings. The highest BCUT2D eigenvalue weighted by atomic mass is 32.2. The number of Topliss-reactive ketones (excluding diaryl/α,β-unsaturated/α-hetero) is 1. The van der Waals surface area contributed by atoms with Crippen molar-refractivity contribution in [3.8, 4) is 0 Å². The van der Waals surface area contributed by atoms with Gasteiger partial charge in [0.1, 0.15) is 5.78 Å². The molecule has 0 spiro atoms. The first-order valence-electron chi connectivity index (χ1n) is 3.81. The first kappa shape index (κ1) is 18.9. The van der Waals surface area contributed by atoms with E-state index in [0.717, 1.165) is 0 Å². The highest BCUT2D eigenvalue weighted by Crippen LogP contribution is 1.65. The van der Waals surface area contributed by atoms with E-state index >= 15 is 0 Å². The third kappa shape index (κ3) is 112. The number of hydrogen-bond donors (Lipinski definition) is 1. The van der Waals surface area contributed by atoms with Crippen molar-refractivity contribution in [1.29, 1.82) is 0 Å². The average molecular weight is 225 g/mol. The first-order chi connectivity index (χ1) is 6.27. The molecule has 0 heterocycles. The second-order valence-corrected chi connectivity index (χ2v) is 3.42. The van der Waals surface area contributed by atoms with Gasteiger partial charge in [-0.2, -0.15) is 0 Å². The summed E-state index contributed by atoms with van der Waals surface area (Å²) in [6.07, 6.45) is 1.47. The van der Waals surface area contributed by atoms with Gasteiger partial charge in [-0.3, -0.25) is 8.98 Å². The third-order valence-electron chi connectivity index (χ3n) is 0.587. The van der Waals surface area contributed by atoms with Gasteiger partial charge in [0.25, 0.3) is 0 Å². The van der Waals surface area contributed by atoms with Crippen molar-refractivity contribution in [2.45, 2.75) is 20.8 Å². The van der Waals surface area contributed by atoms with Crippen molar-refractivity contribution < 1.29 is 18.0 Å². The van der Waals surface area contributed by atoms with E-state index < -0.39 is 11.1 Å². The molecule has 0 rings (SSSR count). The van der Waals surface area contributed by atoms with Crippen molar-refractivity contribution in [1.82, 2.24) is 5.32 Å². The Bertz CT molecular complexity index is 164. The Morgan fingerprint density at radius 3 is 1.36 bits per heavy atom. The second-order valence-electron chi connectivity index (χ2n) is 2.28. The summed E-state index contributed by atoms with van der Waals surface area (Å²) in [5.74, 6) is 0.171. The fraction of sp³-hybridized carbons (Fsp3) is 0.750. The topological polar surface area (TPSA) is 72.5 Å².